The predicted octanol–water partition coefficient (Wildman–Crippen LogP) is 2.50. The van der Waals surface area contributed by atoms with Crippen LogP contribution in [0, 0.1) is 0 Å². The van der Waals surface area contributed by atoms with Gasteiger partial charge in [0.1, 0.15) is 0 Å². The first kappa shape index (κ1) is 18.2. The van der Waals surface area contributed by atoms with Gasteiger partial charge in [-0.25, -0.2) is 0 Å². The molecule has 4 nitrogen and oxygen atoms in total. The minimum absolute atomic E-state index is 0. The highest BCUT2D eigenvalue weighted by Gasteiger charge is 2.05. The Balaban J connectivity index is 0.00000289. The first-order chi connectivity index (χ1) is 8.13. The van der Waals surface area contributed by atoms with Gasteiger partial charge in [0.2, 0.25) is 0 Å². The molecular formula is C10H16Cl2IN3OS. The first-order valence-electron chi connectivity index (χ1n) is 5.22. The number of guanidine groups is 1. The molecule has 1 aromatic rings. The van der Waals surface area contributed by atoms with E-state index < -0.39 is 0 Å². The van der Waals surface area contributed by atoms with E-state index in [1.165, 1.54) is 11.3 Å². The summed E-state index contributed by atoms with van der Waals surface area (Å²) in [5.41, 5.74) is 6.63. The summed E-state index contributed by atoms with van der Waals surface area (Å²) in [5.74, 6) is 0.385. The Bertz CT molecular complexity index is 387. The van der Waals surface area contributed by atoms with E-state index in [1.807, 2.05) is 6.07 Å². The molecule has 0 aliphatic rings. The van der Waals surface area contributed by atoms with Crippen molar-refractivity contribution in [1.82, 2.24) is 5.32 Å². The van der Waals surface area contributed by atoms with Crippen LogP contribution in [0.3, 0.4) is 0 Å². The summed E-state index contributed by atoms with van der Waals surface area (Å²) in [6, 6.07) is 1.86. The summed E-state index contributed by atoms with van der Waals surface area (Å²) in [4.78, 5) is 4.04. The molecule has 0 saturated heterocycles. The zero-order valence-corrected chi connectivity index (χ0v) is 14.3. The lowest BCUT2D eigenvalue weighted by Crippen LogP contribution is -2.33. The highest BCUT2D eigenvalue weighted by molar-refractivity contribution is 14.0. The van der Waals surface area contributed by atoms with Crippen molar-refractivity contribution in [2.45, 2.75) is 12.8 Å². The third kappa shape index (κ3) is 6.98. The van der Waals surface area contributed by atoms with E-state index in [0.29, 0.717) is 34.1 Å². The zero-order valence-electron chi connectivity index (χ0n) is 9.66. The summed E-state index contributed by atoms with van der Waals surface area (Å²) < 4.78 is 1.40. The SMILES string of the molecule is I.NC(=NCCCO)NCCc1cc(Cl)sc1Cl. The van der Waals surface area contributed by atoms with Gasteiger partial charge in [0, 0.05) is 19.7 Å². The lowest BCUT2D eigenvalue weighted by atomic mass is 10.2. The Labute approximate surface area is 138 Å². The Morgan fingerprint density at radius 3 is 2.78 bits per heavy atom. The lowest BCUT2D eigenvalue weighted by molar-refractivity contribution is 0.291. The molecule has 0 aromatic carbocycles. The molecule has 0 unspecified atom stereocenters. The predicted molar refractivity (Wildman–Crippen MR) is 89.7 cm³/mol. The maximum Gasteiger partial charge on any atom is 0.188 e. The molecule has 0 spiro atoms. The second-order valence-electron chi connectivity index (χ2n) is 3.37. The second-order valence-corrected chi connectivity index (χ2v) is 5.66. The zero-order chi connectivity index (χ0) is 12.7. The number of rotatable bonds is 6. The fourth-order valence-electron chi connectivity index (χ4n) is 1.20. The van der Waals surface area contributed by atoms with Crippen LogP contribution in [0.25, 0.3) is 0 Å². The molecule has 1 rings (SSSR count). The quantitative estimate of drug-likeness (QED) is 0.285. The number of hydrogen-bond donors (Lipinski definition) is 3. The summed E-state index contributed by atoms with van der Waals surface area (Å²) in [5, 5.41) is 11.6. The maximum absolute atomic E-state index is 8.58. The number of aliphatic imine (C=N–C) groups is 1. The molecule has 104 valence electrons. The van der Waals surface area contributed by atoms with E-state index in [4.69, 9.17) is 34.0 Å². The van der Waals surface area contributed by atoms with Crippen molar-refractivity contribution in [3.05, 3.63) is 20.3 Å². The van der Waals surface area contributed by atoms with Gasteiger partial charge >= 0.3 is 0 Å². The standard InChI is InChI=1S/C10H15Cl2N3OS.HI/c11-8-6-7(9(12)17-8)2-4-15-10(13)14-3-1-5-16;/h6,16H,1-5H2,(H3,13,14,15);1H. The smallest absolute Gasteiger partial charge is 0.188 e. The van der Waals surface area contributed by atoms with Gasteiger partial charge in [0.05, 0.1) is 8.67 Å². The van der Waals surface area contributed by atoms with E-state index in [0.717, 1.165) is 12.0 Å². The summed E-state index contributed by atoms with van der Waals surface area (Å²) in [6.45, 7) is 1.31. The minimum Gasteiger partial charge on any atom is -0.396 e. The molecule has 0 aliphatic carbocycles. The van der Waals surface area contributed by atoms with E-state index in [9.17, 15) is 0 Å². The minimum atomic E-state index is 0. The number of nitrogens with one attached hydrogen (secondary N) is 1. The topological polar surface area (TPSA) is 70.6 Å². The number of nitrogens with zero attached hydrogens (tertiary/aromatic N) is 1. The Hall–Kier alpha value is 0.240. The molecule has 1 heterocycles. The molecular weight excluding hydrogens is 408 g/mol. The normalized spacial score (nSPS) is 11.2. The van der Waals surface area contributed by atoms with Gasteiger partial charge in [-0.2, -0.15) is 0 Å². The van der Waals surface area contributed by atoms with Crippen LogP contribution in [-0.4, -0.2) is 30.8 Å². The molecule has 4 N–H and O–H groups in total. The van der Waals surface area contributed by atoms with Crippen LogP contribution in [0.4, 0.5) is 0 Å². The summed E-state index contributed by atoms with van der Waals surface area (Å²) in [7, 11) is 0. The van der Waals surface area contributed by atoms with Gasteiger partial charge in [-0.1, -0.05) is 23.2 Å². The molecule has 18 heavy (non-hydrogen) atoms. The van der Waals surface area contributed by atoms with Gasteiger partial charge in [-0.3, -0.25) is 4.99 Å². The average Bonchev–Trinajstić information content (AvgIpc) is 2.58. The van der Waals surface area contributed by atoms with Gasteiger partial charge in [0.15, 0.2) is 5.96 Å². The highest BCUT2D eigenvalue weighted by atomic mass is 127. The van der Waals surface area contributed by atoms with Crippen LogP contribution in [0.1, 0.15) is 12.0 Å². The monoisotopic (exact) mass is 423 g/mol. The van der Waals surface area contributed by atoms with E-state index in [1.54, 1.807) is 0 Å². The van der Waals surface area contributed by atoms with E-state index in [2.05, 4.69) is 10.3 Å². The maximum atomic E-state index is 8.58. The van der Waals surface area contributed by atoms with Crippen LogP contribution >= 0.6 is 58.5 Å². The van der Waals surface area contributed by atoms with Crippen molar-refractivity contribution >= 4 is 64.5 Å². The number of halogens is 3. The van der Waals surface area contributed by atoms with Crippen LogP contribution in [0.2, 0.25) is 8.67 Å². The summed E-state index contributed by atoms with van der Waals surface area (Å²) >= 11 is 13.2. The van der Waals surface area contributed by atoms with Crippen molar-refractivity contribution in [3.63, 3.8) is 0 Å². The molecule has 0 saturated carbocycles. The fourth-order valence-corrected chi connectivity index (χ4v) is 2.74. The molecule has 0 bridgehead atoms. The van der Waals surface area contributed by atoms with E-state index >= 15 is 0 Å². The molecule has 0 amide bonds. The van der Waals surface area contributed by atoms with E-state index in [-0.39, 0.29) is 30.6 Å². The molecule has 1 aromatic heterocycles. The second kappa shape index (κ2) is 10.1. The van der Waals surface area contributed by atoms with Crippen molar-refractivity contribution in [3.8, 4) is 0 Å². The van der Waals surface area contributed by atoms with Gasteiger partial charge in [-0.15, -0.1) is 35.3 Å². The molecule has 0 fully saturated rings. The number of aliphatic hydroxyl groups is 1. The molecule has 8 heteroatoms. The molecule has 0 aliphatic heterocycles. The van der Waals surface area contributed by atoms with Crippen LogP contribution in [0.15, 0.2) is 11.1 Å². The number of nitrogens with two attached hydrogens (primary N) is 1. The third-order valence-corrected chi connectivity index (χ3v) is 3.60. The van der Waals surface area contributed by atoms with Crippen LogP contribution in [0.5, 0.6) is 0 Å². The van der Waals surface area contributed by atoms with Crippen molar-refractivity contribution in [2.24, 2.45) is 10.7 Å². The molecule has 0 radical (unpaired) electrons. The lowest BCUT2D eigenvalue weighted by Gasteiger charge is -2.04. The largest absolute Gasteiger partial charge is 0.396 e. The van der Waals surface area contributed by atoms with Crippen molar-refractivity contribution in [2.75, 3.05) is 19.7 Å². The Kier molecular flexibility index (Phi) is 10.2. The van der Waals surface area contributed by atoms with Crippen molar-refractivity contribution in [1.29, 1.82) is 0 Å². The summed E-state index contributed by atoms with van der Waals surface area (Å²) in [6.07, 6.45) is 1.37. The van der Waals surface area contributed by atoms with Crippen molar-refractivity contribution < 1.29 is 5.11 Å². The van der Waals surface area contributed by atoms with Gasteiger partial charge < -0.3 is 16.2 Å². The third-order valence-electron chi connectivity index (χ3n) is 2.03. The Morgan fingerprint density at radius 2 is 2.22 bits per heavy atom. The number of thiophene rings is 1. The van der Waals surface area contributed by atoms with Gasteiger partial charge in [0.25, 0.3) is 0 Å². The number of aliphatic hydroxyl groups excluding tert-OH is 1. The van der Waals surface area contributed by atoms with Crippen LogP contribution in [-0.2, 0) is 6.42 Å². The first-order valence-corrected chi connectivity index (χ1v) is 6.79. The van der Waals surface area contributed by atoms with Crippen LogP contribution < -0.4 is 11.1 Å². The Morgan fingerprint density at radius 1 is 1.50 bits per heavy atom. The fraction of sp³-hybridized carbons (Fsp3) is 0.500. The number of hydrogen-bond acceptors (Lipinski definition) is 3. The highest BCUT2D eigenvalue weighted by Crippen LogP contribution is 2.31. The van der Waals surface area contributed by atoms with Gasteiger partial charge in [-0.05, 0) is 24.5 Å². The average molecular weight is 424 g/mol. The molecule has 0 atom stereocenters.